The van der Waals surface area contributed by atoms with Crippen molar-refractivity contribution in [1.82, 2.24) is 10.2 Å². The number of carbonyl (C=O) groups excluding carboxylic acids is 2. The van der Waals surface area contributed by atoms with Crippen LogP contribution < -0.4 is 16.0 Å². The van der Waals surface area contributed by atoms with Crippen LogP contribution in [0.25, 0.3) is 0 Å². The Balaban J connectivity index is 1.74. The largest absolute Gasteiger partial charge is 0.379 e. The van der Waals surface area contributed by atoms with E-state index in [0.717, 1.165) is 44.8 Å². The zero-order valence-electron chi connectivity index (χ0n) is 14.4. The van der Waals surface area contributed by atoms with Crippen molar-refractivity contribution in [2.45, 2.75) is 20.3 Å². The highest BCUT2D eigenvalue weighted by Gasteiger charge is 2.10. The van der Waals surface area contributed by atoms with Crippen molar-refractivity contribution in [2.75, 3.05) is 50.0 Å². The molecule has 1 fully saturated rings. The van der Waals surface area contributed by atoms with Gasteiger partial charge >= 0.3 is 6.03 Å². The number of rotatable bonds is 6. The van der Waals surface area contributed by atoms with Crippen LogP contribution in [0.4, 0.5) is 16.2 Å². The van der Waals surface area contributed by atoms with Gasteiger partial charge in [-0.2, -0.15) is 0 Å². The Morgan fingerprint density at radius 2 is 1.96 bits per heavy atom. The maximum Gasteiger partial charge on any atom is 0.319 e. The number of benzene rings is 1. The van der Waals surface area contributed by atoms with E-state index < -0.39 is 0 Å². The summed E-state index contributed by atoms with van der Waals surface area (Å²) in [6.45, 7) is 8.44. The number of nitrogens with zero attached hydrogens (tertiary/aromatic N) is 1. The average molecular weight is 334 g/mol. The molecule has 1 saturated heterocycles. The molecule has 7 heteroatoms. The number of amides is 3. The highest BCUT2D eigenvalue weighted by Crippen LogP contribution is 2.20. The van der Waals surface area contributed by atoms with Crippen molar-refractivity contribution in [2.24, 2.45) is 0 Å². The van der Waals surface area contributed by atoms with Gasteiger partial charge in [-0.25, -0.2) is 4.79 Å². The van der Waals surface area contributed by atoms with Crippen LogP contribution in [0.1, 0.15) is 18.9 Å². The molecule has 0 aliphatic carbocycles. The lowest BCUT2D eigenvalue weighted by atomic mass is 10.2. The number of aryl methyl sites for hydroxylation is 1. The molecular weight excluding hydrogens is 308 g/mol. The summed E-state index contributed by atoms with van der Waals surface area (Å²) in [6.07, 6.45) is 0.901. The number of nitrogens with one attached hydrogen (secondary N) is 3. The Morgan fingerprint density at radius 3 is 2.67 bits per heavy atom. The van der Waals surface area contributed by atoms with Crippen LogP contribution in [0.3, 0.4) is 0 Å². The fourth-order valence-corrected chi connectivity index (χ4v) is 2.53. The third-order valence-electron chi connectivity index (χ3n) is 3.85. The van der Waals surface area contributed by atoms with Crippen molar-refractivity contribution >= 4 is 23.3 Å². The van der Waals surface area contributed by atoms with Gasteiger partial charge in [0.15, 0.2) is 0 Å². The van der Waals surface area contributed by atoms with Crippen LogP contribution in [0.5, 0.6) is 0 Å². The first-order chi connectivity index (χ1) is 11.5. The SMILES string of the molecule is CC(=O)Nc1ccc(C)c(NC(=O)NCCCN2CCOCC2)c1. The molecular formula is C17H26N4O3. The molecule has 3 N–H and O–H groups in total. The van der Waals surface area contributed by atoms with Crippen LogP contribution in [-0.4, -0.2) is 56.2 Å². The zero-order chi connectivity index (χ0) is 17.4. The summed E-state index contributed by atoms with van der Waals surface area (Å²) in [5.41, 5.74) is 2.29. The maximum absolute atomic E-state index is 12.0. The fraction of sp³-hybridized carbons (Fsp3) is 0.529. The van der Waals surface area contributed by atoms with Crippen molar-refractivity contribution in [3.63, 3.8) is 0 Å². The number of hydrogen-bond acceptors (Lipinski definition) is 4. The molecule has 1 aromatic carbocycles. The number of urea groups is 1. The van der Waals surface area contributed by atoms with Crippen molar-refractivity contribution in [1.29, 1.82) is 0 Å². The van der Waals surface area contributed by atoms with Crippen molar-refractivity contribution in [3.8, 4) is 0 Å². The number of morpholine rings is 1. The number of ether oxygens (including phenoxy) is 1. The minimum atomic E-state index is -0.236. The van der Waals surface area contributed by atoms with E-state index in [2.05, 4.69) is 20.9 Å². The van der Waals surface area contributed by atoms with E-state index >= 15 is 0 Å². The van der Waals surface area contributed by atoms with Crippen molar-refractivity contribution < 1.29 is 14.3 Å². The summed E-state index contributed by atoms with van der Waals surface area (Å²) in [5.74, 6) is -0.141. The van der Waals surface area contributed by atoms with Gasteiger partial charge in [0, 0.05) is 37.9 Å². The van der Waals surface area contributed by atoms with Gasteiger partial charge in [-0.1, -0.05) is 6.07 Å². The van der Waals surface area contributed by atoms with Gasteiger partial charge in [0.1, 0.15) is 0 Å². The third kappa shape index (κ3) is 6.17. The van der Waals surface area contributed by atoms with Gasteiger partial charge < -0.3 is 20.7 Å². The Hall–Kier alpha value is -2.12. The summed E-state index contributed by atoms with van der Waals surface area (Å²) < 4.78 is 5.31. The van der Waals surface area contributed by atoms with Crippen LogP contribution in [0.15, 0.2) is 18.2 Å². The lowest BCUT2D eigenvalue weighted by Crippen LogP contribution is -2.38. The molecule has 3 amide bonds. The second-order valence-electron chi connectivity index (χ2n) is 5.90. The molecule has 0 atom stereocenters. The predicted octanol–water partition coefficient (Wildman–Crippen LogP) is 1.80. The second kappa shape index (κ2) is 9.24. The lowest BCUT2D eigenvalue weighted by Gasteiger charge is -2.26. The third-order valence-corrected chi connectivity index (χ3v) is 3.85. The first kappa shape index (κ1) is 18.2. The molecule has 2 rings (SSSR count). The standard InChI is InChI=1S/C17H26N4O3/c1-13-4-5-15(19-14(2)22)12-16(13)20-17(23)18-6-3-7-21-8-10-24-11-9-21/h4-5,12H,3,6-11H2,1-2H3,(H,19,22)(H2,18,20,23). The van der Waals surface area contributed by atoms with E-state index in [1.807, 2.05) is 19.1 Å². The molecule has 1 aromatic rings. The molecule has 0 spiro atoms. The van der Waals surface area contributed by atoms with Crippen LogP contribution in [-0.2, 0) is 9.53 Å². The summed E-state index contributed by atoms with van der Waals surface area (Å²) in [6, 6.07) is 5.19. The topological polar surface area (TPSA) is 82.7 Å². The Bertz CT molecular complexity index is 571. The Labute approximate surface area is 142 Å². The zero-order valence-corrected chi connectivity index (χ0v) is 14.4. The van der Waals surface area contributed by atoms with E-state index in [9.17, 15) is 9.59 Å². The average Bonchev–Trinajstić information content (AvgIpc) is 2.55. The van der Waals surface area contributed by atoms with E-state index in [4.69, 9.17) is 4.74 Å². The molecule has 0 unspecified atom stereocenters. The summed E-state index contributed by atoms with van der Waals surface area (Å²) >= 11 is 0. The predicted molar refractivity (Wildman–Crippen MR) is 94.4 cm³/mol. The highest BCUT2D eigenvalue weighted by atomic mass is 16.5. The monoisotopic (exact) mass is 334 g/mol. The van der Waals surface area contributed by atoms with Gasteiger partial charge in [-0.15, -0.1) is 0 Å². The van der Waals surface area contributed by atoms with Gasteiger partial charge in [0.05, 0.1) is 13.2 Å². The van der Waals surface area contributed by atoms with Gasteiger partial charge in [-0.3, -0.25) is 9.69 Å². The van der Waals surface area contributed by atoms with E-state index in [-0.39, 0.29) is 11.9 Å². The molecule has 0 aromatic heterocycles. The summed E-state index contributed by atoms with van der Waals surface area (Å²) in [4.78, 5) is 25.5. The number of anilines is 2. The second-order valence-corrected chi connectivity index (χ2v) is 5.90. The van der Waals surface area contributed by atoms with Crippen LogP contribution in [0.2, 0.25) is 0 Å². The normalized spacial score (nSPS) is 14.9. The van der Waals surface area contributed by atoms with Gasteiger partial charge in [0.25, 0.3) is 0 Å². The van der Waals surface area contributed by atoms with Crippen molar-refractivity contribution in [3.05, 3.63) is 23.8 Å². The Kier molecular flexibility index (Phi) is 7.02. The first-order valence-electron chi connectivity index (χ1n) is 8.28. The van der Waals surface area contributed by atoms with E-state index in [1.54, 1.807) is 6.07 Å². The molecule has 0 bridgehead atoms. The molecule has 0 saturated carbocycles. The minimum Gasteiger partial charge on any atom is -0.379 e. The maximum atomic E-state index is 12.0. The first-order valence-corrected chi connectivity index (χ1v) is 8.28. The molecule has 1 aliphatic heterocycles. The van der Waals surface area contributed by atoms with Crippen LogP contribution >= 0.6 is 0 Å². The Morgan fingerprint density at radius 1 is 1.21 bits per heavy atom. The van der Waals surface area contributed by atoms with Crippen LogP contribution in [0, 0.1) is 6.92 Å². The summed E-state index contributed by atoms with van der Waals surface area (Å²) in [7, 11) is 0. The molecule has 7 nitrogen and oxygen atoms in total. The molecule has 132 valence electrons. The van der Waals surface area contributed by atoms with E-state index in [1.165, 1.54) is 6.92 Å². The van der Waals surface area contributed by atoms with Gasteiger partial charge in [-0.05, 0) is 37.6 Å². The minimum absolute atomic E-state index is 0.141. The van der Waals surface area contributed by atoms with E-state index in [0.29, 0.717) is 17.9 Å². The highest BCUT2D eigenvalue weighted by molar-refractivity contribution is 5.93. The molecule has 1 heterocycles. The number of hydrogen-bond donors (Lipinski definition) is 3. The lowest BCUT2D eigenvalue weighted by molar-refractivity contribution is -0.114. The molecule has 24 heavy (non-hydrogen) atoms. The molecule has 1 aliphatic rings. The van der Waals surface area contributed by atoms with Gasteiger partial charge in [0.2, 0.25) is 5.91 Å². The number of carbonyl (C=O) groups is 2. The summed E-state index contributed by atoms with van der Waals surface area (Å²) in [5, 5.41) is 8.40. The smallest absolute Gasteiger partial charge is 0.319 e. The fourth-order valence-electron chi connectivity index (χ4n) is 2.53. The molecule has 0 radical (unpaired) electrons. The quantitative estimate of drug-likeness (QED) is 0.693.